The van der Waals surface area contributed by atoms with Crippen LogP contribution in [0.4, 0.5) is 5.69 Å². The van der Waals surface area contributed by atoms with Crippen molar-refractivity contribution in [1.82, 2.24) is 5.32 Å². The fourth-order valence-electron chi connectivity index (χ4n) is 4.01. The molecular formula is C27H40N4. The smallest absolute Gasteiger partial charge is 0.196 e. The molecule has 0 spiro atoms. The maximum absolute atomic E-state index is 6.60. The Bertz CT molecular complexity index is 825. The van der Waals surface area contributed by atoms with Crippen LogP contribution in [0.25, 0.3) is 0 Å². The van der Waals surface area contributed by atoms with Crippen LogP contribution < -0.4 is 16.0 Å². The largest absolute Gasteiger partial charge is 0.369 e. The molecule has 0 unspecified atom stereocenters. The van der Waals surface area contributed by atoms with Crippen molar-refractivity contribution in [2.75, 3.05) is 18.0 Å². The summed E-state index contributed by atoms with van der Waals surface area (Å²) in [4.78, 5) is 7.08. The van der Waals surface area contributed by atoms with Crippen molar-refractivity contribution in [2.24, 2.45) is 10.7 Å². The average Bonchev–Trinajstić information content (AvgIpc) is 2.77. The lowest BCUT2D eigenvalue weighted by Gasteiger charge is -2.27. The van der Waals surface area contributed by atoms with Crippen molar-refractivity contribution >= 4 is 11.6 Å². The molecule has 4 heteroatoms. The molecule has 168 valence electrons. The number of rotatable bonds is 7. The SMILES string of the molecule is CCCCc1ccc(N(Cc2ccc(C(C)(C)C)cc2)C(N)=NC2CCNCC2)cc1. The molecule has 2 aromatic rings. The zero-order valence-corrected chi connectivity index (χ0v) is 19.8. The van der Waals surface area contributed by atoms with E-state index in [2.05, 4.69) is 86.4 Å². The van der Waals surface area contributed by atoms with Gasteiger partial charge in [-0.25, -0.2) is 4.99 Å². The van der Waals surface area contributed by atoms with Crippen molar-refractivity contribution in [3.8, 4) is 0 Å². The maximum atomic E-state index is 6.60. The van der Waals surface area contributed by atoms with Crippen LogP contribution in [0, 0.1) is 0 Å². The normalized spacial score (nSPS) is 15.8. The summed E-state index contributed by atoms with van der Waals surface area (Å²) < 4.78 is 0. The van der Waals surface area contributed by atoms with Gasteiger partial charge in [0, 0.05) is 5.69 Å². The molecular weight excluding hydrogens is 380 g/mol. The minimum Gasteiger partial charge on any atom is -0.369 e. The highest BCUT2D eigenvalue weighted by atomic mass is 15.3. The lowest BCUT2D eigenvalue weighted by atomic mass is 9.87. The Morgan fingerprint density at radius 2 is 1.61 bits per heavy atom. The summed E-state index contributed by atoms with van der Waals surface area (Å²) in [5.41, 5.74) is 11.8. The quantitative estimate of drug-likeness (QED) is 0.466. The van der Waals surface area contributed by atoms with Crippen molar-refractivity contribution in [2.45, 2.75) is 77.8 Å². The highest BCUT2D eigenvalue weighted by Gasteiger charge is 2.18. The molecule has 0 bridgehead atoms. The Kier molecular flexibility index (Phi) is 8.14. The Hall–Kier alpha value is -2.33. The summed E-state index contributed by atoms with van der Waals surface area (Å²) in [7, 11) is 0. The Morgan fingerprint density at radius 3 is 2.19 bits per heavy atom. The predicted molar refractivity (Wildman–Crippen MR) is 134 cm³/mol. The maximum Gasteiger partial charge on any atom is 0.196 e. The van der Waals surface area contributed by atoms with Crippen LogP contribution in [-0.2, 0) is 18.4 Å². The number of unbranched alkanes of at least 4 members (excludes halogenated alkanes) is 1. The molecule has 0 amide bonds. The van der Waals surface area contributed by atoms with Crippen molar-refractivity contribution in [3.63, 3.8) is 0 Å². The van der Waals surface area contributed by atoms with Gasteiger partial charge in [-0.3, -0.25) is 0 Å². The van der Waals surface area contributed by atoms with E-state index < -0.39 is 0 Å². The molecule has 1 aliphatic rings. The minimum atomic E-state index is 0.155. The third kappa shape index (κ3) is 6.83. The van der Waals surface area contributed by atoms with E-state index >= 15 is 0 Å². The number of nitrogens with zero attached hydrogens (tertiary/aromatic N) is 2. The second kappa shape index (κ2) is 10.8. The molecule has 0 atom stereocenters. The van der Waals surface area contributed by atoms with Gasteiger partial charge in [-0.1, -0.05) is 70.5 Å². The van der Waals surface area contributed by atoms with Crippen LogP contribution in [0.3, 0.4) is 0 Å². The van der Waals surface area contributed by atoms with Gasteiger partial charge < -0.3 is 16.0 Å². The lowest BCUT2D eigenvalue weighted by Crippen LogP contribution is -2.39. The van der Waals surface area contributed by atoms with E-state index in [9.17, 15) is 0 Å². The van der Waals surface area contributed by atoms with Gasteiger partial charge in [-0.2, -0.15) is 0 Å². The molecule has 1 saturated heterocycles. The summed E-state index contributed by atoms with van der Waals surface area (Å²) in [6.45, 7) is 11.7. The van der Waals surface area contributed by atoms with Crippen LogP contribution in [0.2, 0.25) is 0 Å². The summed E-state index contributed by atoms with van der Waals surface area (Å²) in [5.74, 6) is 0.619. The van der Waals surface area contributed by atoms with Gasteiger partial charge in [0.05, 0.1) is 12.6 Å². The molecule has 2 aromatic carbocycles. The van der Waals surface area contributed by atoms with E-state index in [-0.39, 0.29) is 5.41 Å². The van der Waals surface area contributed by atoms with Gasteiger partial charge in [0.1, 0.15) is 0 Å². The third-order valence-electron chi connectivity index (χ3n) is 6.13. The number of piperidine rings is 1. The van der Waals surface area contributed by atoms with E-state index in [4.69, 9.17) is 10.7 Å². The van der Waals surface area contributed by atoms with E-state index in [1.807, 2.05) is 0 Å². The van der Waals surface area contributed by atoms with Gasteiger partial charge >= 0.3 is 0 Å². The predicted octanol–water partition coefficient (Wildman–Crippen LogP) is 5.40. The van der Waals surface area contributed by atoms with E-state index in [0.29, 0.717) is 12.0 Å². The van der Waals surface area contributed by atoms with E-state index in [0.717, 1.165) is 44.6 Å². The molecule has 3 N–H and O–H groups in total. The number of nitrogens with one attached hydrogen (secondary N) is 1. The van der Waals surface area contributed by atoms with Crippen molar-refractivity contribution < 1.29 is 0 Å². The number of aryl methyl sites for hydroxylation is 1. The van der Waals surface area contributed by atoms with E-state index in [1.165, 1.54) is 29.5 Å². The van der Waals surface area contributed by atoms with Crippen LogP contribution in [-0.4, -0.2) is 25.1 Å². The Morgan fingerprint density at radius 1 is 1.00 bits per heavy atom. The van der Waals surface area contributed by atoms with Crippen LogP contribution in [0.5, 0.6) is 0 Å². The number of guanidine groups is 1. The number of nitrogens with two attached hydrogens (primary N) is 1. The van der Waals surface area contributed by atoms with E-state index in [1.54, 1.807) is 0 Å². The van der Waals surface area contributed by atoms with Crippen molar-refractivity contribution in [3.05, 3.63) is 65.2 Å². The molecule has 0 saturated carbocycles. The standard InChI is InChI=1S/C27H40N4/c1-5-6-7-21-10-14-25(15-11-21)31(26(28)30-24-16-18-29-19-17-24)20-22-8-12-23(13-9-22)27(2,3)4/h8-15,24,29H,5-7,16-20H2,1-4H3,(H2,28,30). The van der Waals surface area contributed by atoms with Gasteiger partial charge in [-0.15, -0.1) is 0 Å². The fraction of sp³-hybridized carbons (Fsp3) is 0.519. The molecule has 1 aliphatic heterocycles. The van der Waals surface area contributed by atoms with Gasteiger partial charge in [0.2, 0.25) is 0 Å². The second-order valence-corrected chi connectivity index (χ2v) is 9.77. The molecule has 3 rings (SSSR count). The second-order valence-electron chi connectivity index (χ2n) is 9.77. The van der Waals surface area contributed by atoms with Crippen molar-refractivity contribution in [1.29, 1.82) is 0 Å². The van der Waals surface area contributed by atoms with Crippen LogP contribution >= 0.6 is 0 Å². The van der Waals surface area contributed by atoms with Gasteiger partial charge in [0.15, 0.2) is 5.96 Å². The summed E-state index contributed by atoms with van der Waals surface area (Å²) >= 11 is 0. The first kappa shape index (κ1) is 23.3. The molecule has 31 heavy (non-hydrogen) atoms. The summed E-state index contributed by atoms with van der Waals surface area (Å²) in [6.07, 6.45) is 5.66. The number of hydrogen-bond donors (Lipinski definition) is 2. The molecule has 1 fully saturated rings. The number of anilines is 1. The highest BCUT2D eigenvalue weighted by molar-refractivity contribution is 5.94. The van der Waals surface area contributed by atoms with Crippen LogP contribution in [0.15, 0.2) is 53.5 Å². The van der Waals surface area contributed by atoms with Gasteiger partial charge in [0.25, 0.3) is 0 Å². The first-order chi connectivity index (χ1) is 14.9. The topological polar surface area (TPSA) is 53.6 Å². The third-order valence-corrected chi connectivity index (χ3v) is 6.13. The summed E-state index contributed by atoms with van der Waals surface area (Å²) in [6, 6.07) is 18.1. The Labute approximate surface area is 189 Å². The molecule has 1 heterocycles. The lowest BCUT2D eigenvalue weighted by molar-refractivity contribution is 0.459. The zero-order chi connectivity index (χ0) is 22.3. The highest BCUT2D eigenvalue weighted by Crippen LogP contribution is 2.24. The first-order valence-electron chi connectivity index (χ1n) is 11.9. The average molecular weight is 421 g/mol. The molecule has 0 aliphatic carbocycles. The molecule has 4 nitrogen and oxygen atoms in total. The first-order valence-corrected chi connectivity index (χ1v) is 11.9. The monoisotopic (exact) mass is 420 g/mol. The Balaban J connectivity index is 1.83. The number of benzene rings is 2. The number of aliphatic imine (C=N–C) groups is 1. The molecule has 0 aromatic heterocycles. The van der Waals surface area contributed by atoms with Gasteiger partial charge in [-0.05, 0) is 73.0 Å². The zero-order valence-electron chi connectivity index (χ0n) is 19.8. The fourth-order valence-corrected chi connectivity index (χ4v) is 4.01. The minimum absolute atomic E-state index is 0.155. The molecule has 0 radical (unpaired) electrons. The van der Waals surface area contributed by atoms with Crippen LogP contribution in [0.1, 0.15) is 70.1 Å². The number of hydrogen-bond acceptors (Lipinski definition) is 2. The summed E-state index contributed by atoms with van der Waals surface area (Å²) in [5, 5.41) is 3.41.